The molecular formula is C58H48Cl5N7O6S. The summed E-state index contributed by atoms with van der Waals surface area (Å²) in [5.74, 6) is -0.211. The molecule has 7 aromatic carbocycles. The highest BCUT2D eigenvalue weighted by atomic mass is 35.5. The fraction of sp³-hybridized carbons (Fsp3) is 0.0862. The number of benzene rings is 7. The van der Waals surface area contributed by atoms with E-state index in [1.165, 1.54) is 24.8 Å². The molecule has 0 saturated carbocycles. The van der Waals surface area contributed by atoms with Gasteiger partial charge in [0.1, 0.15) is 11.6 Å². The summed E-state index contributed by atoms with van der Waals surface area (Å²) in [5, 5.41) is 31.8. The number of rotatable bonds is 12. The third kappa shape index (κ3) is 20.3. The second-order valence-corrected chi connectivity index (χ2v) is 18.4. The summed E-state index contributed by atoms with van der Waals surface area (Å²) in [6.45, 7) is 1.23. The quantitative estimate of drug-likeness (QED) is 0.0519. The van der Waals surface area contributed by atoms with Crippen LogP contribution in [0, 0.1) is 11.3 Å². The number of carbonyl (C=O) groups excluding carboxylic acids is 3. The van der Waals surface area contributed by atoms with Crippen LogP contribution in [0.3, 0.4) is 0 Å². The molecule has 0 spiro atoms. The molecule has 0 unspecified atom stereocenters. The summed E-state index contributed by atoms with van der Waals surface area (Å²) >= 11 is 32.6. The van der Waals surface area contributed by atoms with Gasteiger partial charge in [0.15, 0.2) is 5.78 Å². The molecule has 0 atom stereocenters. The lowest BCUT2D eigenvalue weighted by molar-refractivity contribution is -0.113. The van der Waals surface area contributed by atoms with E-state index in [9.17, 15) is 19.2 Å². The van der Waals surface area contributed by atoms with Crippen molar-refractivity contribution in [2.75, 3.05) is 23.9 Å². The van der Waals surface area contributed by atoms with Crippen LogP contribution in [0.1, 0.15) is 48.6 Å². The molecule has 0 bridgehead atoms. The Bertz CT molecular complexity index is 3360. The number of hydrogen-bond acceptors (Lipinski definition) is 10. The Balaban J connectivity index is 0.000000186. The van der Waals surface area contributed by atoms with Crippen molar-refractivity contribution >= 4 is 106 Å². The molecule has 13 nitrogen and oxygen atoms in total. The predicted octanol–water partition coefficient (Wildman–Crippen LogP) is 14.6. The molecule has 0 aliphatic carbocycles. The van der Waals surface area contributed by atoms with Gasteiger partial charge in [0.05, 0.1) is 61.0 Å². The molecule has 1 amide bonds. The monoisotopic (exact) mass is 1150 g/mol. The van der Waals surface area contributed by atoms with Gasteiger partial charge >= 0.3 is 11.9 Å². The van der Waals surface area contributed by atoms with Crippen molar-refractivity contribution in [1.29, 1.82) is 5.26 Å². The second-order valence-electron chi connectivity index (χ2n) is 16.0. The van der Waals surface area contributed by atoms with E-state index in [0.29, 0.717) is 61.0 Å². The van der Waals surface area contributed by atoms with Crippen LogP contribution in [0.2, 0.25) is 25.1 Å². The zero-order chi connectivity index (χ0) is 55.7. The van der Waals surface area contributed by atoms with Crippen LogP contribution < -0.4 is 11.1 Å². The Morgan fingerprint density at radius 2 is 0.974 bits per heavy atom. The number of nitrogens with two attached hydrogens (primary N) is 1. The number of Topliss-reactive ketones (excluding diaryl/α,β-unsaturated/α-hetero) is 1. The lowest BCUT2D eigenvalue weighted by Crippen LogP contribution is -2.16. The number of ketones is 1. The molecule has 0 aliphatic heterocycles. The summed E-state index contributed by atoms with van der Waals surface area (Å²) in [5.41, 5.74) is 13.2. The summed E-state index contributed by atoms with van der Waals surface area (Å²) in [6, 6.07) is 59.7. The topological polar surface area (TPSA) is 195 Å². The smallest absolute Gasteiger partial charge is 0.337 e. The van der Waals surface area contributed by atoms with Gasteiger partial charge in [-0.3, -0.25) is 9.59 Å². The highest BCUT2D eigenvalue weighted by molar-refractivity contribution is 7.81. The number of nitrogens with one attached hydrogen (secondary N) is 1. The number of esters is 1. The molecule has 4 N–H and O–H groups in total. The Hall–Kier alpha value is -7.87. The fourth-order valence-electron chi connectivity index (χ4n) is 6.52. The number of carboxylic acids is 1. The average molecular weight is 1150 g/mol. The number of anilines is 2. The first kappa shape index (κ1) is 60.0. The molecule has 19 heteroatoms. The van der Waals surface area contributed by atoms with E-state index in [-0.39, 0.29) is 35.4 Å². The van der Waals surface area contributed by atoms with Crippen molar-refractivity contribution in [3.05, 3.63) is 247 Å². The highest BCUT2D eigenvalue weighted by Gasteiger charge is 2.13. The summed E-state index contributed by atoms with van der Waals surface area (Å²) in [7, 11) is 1.34. The largest absolute Gasteiger partial charge is 0.478 e. The Kier molecular flexibility index (Phi) is 24.3. The van der Waals surface area contributed by atoms with Crippen molar-refractivity contribution in [2.45, 2.75) is 19.5 Å². The van der Waals surface area contributed by atoms with E-state index < -0.39 is 5.97 Å². The summed E-state index contributed by atoms with van der Waals surface area (Å²) in [4.78, 5) is 43.9. The molecule has 0 fully saturated rings. The Morgan fingerprint density at radius 1 is 0.584 bits per heavy atom. The van der Waals surface area contributed by atoms with Crippen LogP contribution in [-0.4, -0.2) is 61.2 Å². The molecule has 9 aromatic rings. The third-order valence-corrected chi connectivity index (χ3v) is 11.9. The number of thiol groups is 1. The molecule has 0 aliphatic rings. The molecular weight excluding hydrogens is 1100 g/mol. The van der Waals surface area contributed by atoms with Crippen molar-refractivity contribution < 1.29 is 29.0 Å². The van der Waals surface area contributed by atoms with Crippen molar-refractivity contribution in [3.8, 4) is 28.6 Å². The molecule has 9 rings (SSSR count). The molecule has 2 heterocycles. The van der Waals surface area contributed by atoms with Gasteiger partial charge < -0.3 is 20.9 Å². The maximum Gasteiger partial charge on any atom is 0.337 e. The maximum absolute atomic E-state index is 11.7. The molecule has 77 heavy (non-hydrogen) atoms. The number of nitrogen functional groups attached to an aromatic ring is 1. The number of halogens is 5. The molecule has 0 saturated heterocycles. The number of ether oxygens (including phenoxy) is 1. The van der Waals surface area contributed by atoms with Gasteiger partial charge in [-0.2, -0.15) is 28.1 Å². The maximum atomic E-state index is 11.7. The van der Waals surface area contributed by atoms with E-state index in [4.69, 9.17) is 74.1 Å². The van der Waals surface area contributed by atoms with Crippen molar-refractivity contribution in [2.24, 2.45) is 0 Å². The number of methoxy groups -OCH3 is 1. The fourth-order valence-corrected chi connectivity index (χ4v) is 7.23. The zero-order valence-electron chi connectivity index (χ0n) is 40.9. The van der Waals surface area contributed by atoms with Gasteiger partial charge in [0.25, 0.3) is 0 Å². The van der Waals surface area contributed by atoms with Crippen LogP contribution in [0.5, 0.6) is 0 Å². The first-order chi connectivity index (χ1) is 37.0. The predicted molar refractivity (Wildman–Crippen MR) is 311 cm³/mol. The number of hydrogen-bond donors (Lipinski definition) is 4. The molecule has 2 aromatic heterocycles. The van der Waals surface area contributed by atoms with Gasteiger partial charge in [-0.05, 0) is 108 Å². The van der Waals surface area contributed by atoms with Gasteiger partial charge in [0, 0.05) is 53.9 Å². The van der Waals surface area contributed by atoms with Gasteiger partial charge in [-0.1, -0.05) is 143 Å². The van der Waals surface area contributed by atoms with Crippen LogP contribution in [0.25, 0.3) is 22.5 Å². The van der Waals surface area contributed by atoms with E-state index in [2.05, 4.69) is 45.0 Å². The van der Waals surface area contributed by atoms with Gasteiger partial charge in [-0.15, -0.1) is 0 Å². The van der Waals surface area contributed by atoms with Gasteiger partial charge in [0.2, 0.25) is 5.91 Å². The Labute approximate surface area is 475 Å². The number of nitriles is 1. The Morgan fingerprint density at radius 3 is 1.39 bits per heavy atom. The van der Waals surface area contributed by atoms with Crippen molar-refractivity contribution in [1.82, 2.24) is 19.6 Å². The number of carbonyl (C=O) groups is 4. The number of carboxylic acid groups (broad SMARTS) is 1. The van der Waals surface area contributed by atoms with Crippen LogP contribution in [0.4, 0.5) is 11.6 Å². The second kappa shape index (κ2) is 31.2. The lowest BCUT2D eigenvalue weighted by atomic mass is 10.1. The highest BCUT2D eigenvalue weighted by Crippen LogP contribution is 2.26. The van der Waals surface area contributed by atoms with Crippen LogP contribution in [0.15, 0.2) is 194 Å². The SMILES string of the molecule is COC(=O)c1ccc(Cl)cc1.N#CCC(=O)c1ccc(Cl)cc1.Nc1cc(-c2ccc(Cl)cc2)nn1Cc1ccccc1.O=C(CS)Nc1cc(-c2ccc(Cl)cc2)nn1Cc1ccccc1.O=C(O)c1ccc(Cl)cc1. The first-order valence-electron chi connectivity index (χ1n) is 23.0. The number of amides is 1. The molecule has 0 radical (unpaired) electrons. The van der Waals surface area contributed by atoms with E-state index in [0.717, 1.165) is 28.1 Å². The van der Waals surface area contributed by atoms with E-state index in [1.807, 2.05) is 109 Å². The van der Waals surface area contributed by atoms with Crippen LogP contribution in [-0.2, 0) is 22.6 Å². The van der Waals surface area contributed by atoms with Gasteiger partial charge in [-0.25, -0.2) is 19.0 Å². The third-order valence-electron chi connectivity index (χ3n) is 10.4. The van der Waals surface area contributed by atoms with Crippen molar-refractivity contribution in [3.63, 3.8) is 0 Å². The minimum Gasteiger partial charge on any atom is -0.478 e. The van der Waals surface area contributed by atoms with E-state index in [1.54, 1.807) is 76.1 Å². The number of aromatic carboxylic acids is 1. The zero-order valence-corrected chi connectivity index (χ0v) is 45.6. The average Bonchev–Trinajstić information content (AvgIpc) is 4.01. The molecule has 392 valence electrons. The normalized spacial score (nSPS) is 10.0. The number of aromatic nitrogens is 4. The standard InChI is InChI=1S/C18H16ClN3OS.C16H14ClN3.C9H6ClNO.C8H7ClO2.C7H5ClO2/c19-15-8-6-14(7-9-15)16-10-17(20-18(23)12-24)22(21-16)11-13-4-2-1-3-5-13;17-14-8-6-13(7-9-14)15-10-16(18)20(19-15)11-12-4-2-1-3-5-12;10-8-3-1-7(2-4-8)9(12)5-6-11;1-11-8(10)6-2-4-7(9)5-3-6;8-6-3-1-5(2-4-6)7(9)10/h1-10,24H,11-12H2,(H,20,23);1-10H,11,18H2;1-4H,5H2;2-5H,1H3;1-4H,(H,9,10). The number of nitrogens with zero attached hydrogens (tertiary/aromatic N) is 5. The van der Waals surface area contributed by atoms with E-state index >= 15 is 0 Å². The first-order valence-corrected chi connectivity index (χ1v) is 25.5. The van der Waals surface area contributed by atoms with Crippen LogP contribution >= 0.6 is 70.6 Å². The lowest BCUT2D eigenvalue weighted by Gasteiger charge is -2.08. The minimum absolute atomic E-state index is 0.0817. The summed E-state index contributed by atoms with van der Waals surface area (Å²) < 4.78 is 8.08. The summed E-state index contributed by atoms with van der Waals surface area (Å²) in [6.07, 6.45) is -0.0817. The minimum atomic E-state index is -0.934.